The molecule has 162 valence electrons. The molecule has 0 spiro atoms. The van der Waals surface area contributed by atoms with Gasteiger partial charge < -0.3 is 14.8 Å². The van der Waals surface area contributed by atoms with Gasteiger partial charge in [-0.2, -0.15) is 0 Å². The molecular weight excluding hydrogens is 392 g/mol. The molecule has 2 aliphatic heterocycles. The molecule has 0 unspecified atom stereocenters. The van der Waals surface area contributed by atoms with E-state index in [0.717, 1.165) is 55.9 Å². The van der Waals surface area contributed by atoms with Crippen LogP contribution in [0, 0.1) is 0 Å². The highest BCUT2D eigenvalue weighted by atomic mass is 16.2. The number of carbonyl (C=O) groups excluding carboxylic acids is 1. The van der Waals surface area contributed by atoms with Crippen molar-refractivity contribution in [1.29, 1.82) is 0 Å². The van der Waals surface area contributed by atoms with E-state index in [0.29, 0.717) is 19.6 Å². The predicted molar refractivity (Wildman–Crippen MR) is 120 cm³/mol. The number of likely N-dealkylation sites (tertiary alicyclic amines) is 1. The average molecular weight is 421 g/mol. The number of imidazole rings is 1. The number of piperazine rings is 1. The molecule has 0 aliphatic carbocycles. The van der Waals surface area contributed by atoms with Crippen LogP contribution in [0.15, 0.2) is 53.5 Å². The number of nitrogens with zero attached hydrogens (tertiary/aromatic N) is 5. The number of hydrogen-bond acceptors (Lipinski definition) is 5. The van der Waals surface area contributed by atoms with Gasteiger partial charge >= 0.3 is 5.69 Å². The van der Waals surface area contributed by atoms with E-state index in [4.69, 9.17) is 0 Å². The van der Waals surface area contributed by atoms with Gasteiger partial charge in [-0.05, 0) is 37.1 Å². The minimum absolute atomic E-state index is 0.0586. The summed E-state index contributed by atoms with van der Waals surface area (Å²) in [7, 11) is 0. The molecule has 8 nitrogen and oxygen atoms in total. The number of aromatic nitrogens is 3. The van der Waals surface area contributed by atoms with Gasteiger partial charge in [0.05, 0.1) is 17.6 Å². The van der Waals surface area contributed by atoms with E-state index in [1.165, 1.54) is 0 Å². The number of aromatic amines is 1. The van der Waals surface area contributed by atoms with Gasteiger partial charge in [0.1, 0.15) is 5.82 Å². The molecule has 1 amide bonds. The fourth-order valence-corrected chi connectivity index (χ4v) is 4.78. The second-order valence-corrected chi connectivity index (χ2v) is 8.38. The fraction of sp³-hybridized carbons (Fsp3) is 0.435. The molecule has 2 saturated heterocycles. The highest BCUT2D eigenvalue weighted by Crippen LogP contribution is 2.25. The van der Waals surface area contributed by atoms with Crippen LogP contribution in [0.2, 0.25) is 0 Å². The number of carbonyl (C=O) groups is 1. The van der Waals surface area contributed by atoms with Crippen LogP contribution in [-0.2, 0) is 4.79 Å². The van der Waals surface area contributed by atoms with Gasteiger partial charge in [-0.15, -0.1) is 0 Å². The van der Waals surface area contributed by atoms with E-state index in [2.05, 4.69) is 19.8 Å². The minimum Gasteiger partial charge on any atom is -0.354 e. The van der Waals surface area contributed by atoms with Crippen LogP contribution < -0.4 is 10.6 Å². The lowest BCUT2D eigenvalue weighted by Gasteiger charge is -2.37. The molecule has 2 aromatic heterocycles. The van der Waals surface area contributed by atoms with Crippen LogP contribution in [0.4, 0.5) is 5.82 Å². The molecule has 0 bridgehead atoms. The number of para-hydroxylation sites is 2. The smallest absolute Gasteiger partial charge is 0.326 e. The van der Waals surface area contributed by atoms with Crippen molar-refractivity contribution in [3.63, 3.8) is 0 Å². The number of nitrogens with one attached hydrogen (secondary N) is 1. The maximum absolute atomic E-state index is 12.9. The summed E-state index contributed by atoms with van der Waals surface area (Å²) in [5, 5.41) is 0. The van der Waals surface area contributed by atoms with Crippen LogP contribution in [0.3, 0.4) is 0 Å². The van der Waals surface area contributed by atoms with Crippen LogP contribution >= 0.6 is 0 Å². The Labute approximate surface area is 181 Å². The standard InChI is InChI=1S/C23H28N6O2/c30-22(17-26-13-15-27(16-14-26)21-7-3-4-10-24-21)28-11-8-18(9-12-28)29-20-6-2-1-5-19(20)25-23(29)31/h1-7,10,18H,8-9,11-17H2,(H,25,31). The van der Waals surface area contributed by atoms with Crippen LogP contribution in [0.25, 0.3) is 11.0 Å². The van der Waals surface area contributed by atoms with Crippen LogP contribution in [-0.4, -0.2) is 76.1 Å². The minimum atomic E-state index is -0.0586. The second kappa shape index (κ2) is 8.55. The van der Waals surface area contributed by atoms with Crippen molar-refractivity contribution >= 4 is 22.8 Å². The molecule has 4 heterocycles. The summed E-state index contributed by atoms with van der Waals surface area (Å²) in [5.74, 6) is 1.19. The highest BCUT2D eigenvalue weighted by molar-refractivity contribution is 5.78. The molecule has 5 rings (SSSR count). The van der Waals surface area contributed by atoms with Crippen molar-refractivity contribution in [2.24, 2.45) is 0 Å². The number of H-pyrrole nitrogens is 1. The van der Waals surface area contributed by atoms with Gasteiger partial charge in [0.15, 0.2) is 0 Å². The van der Waals surface area contributed by atoms with E-state index >= 15 is 0 Å². The molecule has 1 N–H and O–H groups in total. The first-order chi connectivity index (χ1) is 15.2. The molecule has 0 radical (unpaired) electrons. The third kappa shape index (κ3) is 4.07. The first-order valence-corrected chi connectivity index (χ1v) is 11.0. The Balaban J connectivity index is 1.14. The van der Waals surface area contributed by atoms with E-state index in [9.17, 15) is 9.59 Å². The SMILES string of the molecule is O=C(CN1CCN(c2ccccn2)CC1)N1CCC(n2c(=O)[nH]c3ccccc32)CC1. The zero-order valence-electron chi connectivity index (χ0n) is 17.6. The molecular formula is C23H28N6O2. The molecule has 8 heteroatoms. The largest absolute Gasteiger partial charge is 0.354 e. The van der Waals surface area contributed by atoms with Gasteiger partial charge in [-0.25, -0.2) is 9.78 Å². The zero-order chi connectivity index (χ0) is 21.2. The lowest BCUT2D eigenvalue weighted by atomic mass is 10.0. The number of rotatable bonds is 4. The molecule has 0 saturated carbocycles. The third-order valence-electron chi connectivity index (χ3n) is 6.51. The monoisotopic (exact) mass is 420 g/mol. The van der Waals surface area contributed by atoms with Gasteiger partial charge in [0, 0.05) is 51.5 Å². The first kappa shape index (κ1) is 19.8. The predicted octanol–water partition coefficient (Wildman–Crippen LogP) is 1.71. The normalized spacial score (nSPS) is 18.6. The van der Waals surface area contributed by atoms with Crippen molar-refractivity contribution in [2.45, 2.75) is 18.9 Å². The van der Waals surface area contributed by atoms with Crippen molar-refractivity contribution in [1.82, 2.24) is 24.3 Å². The van der Waals surface area contributed by atoms with E-state index in [1.807, 2.05) is 58.1 Å². The maximum Gasteiger partial charge on any atom is 0.326 e. The second-order valence-electron chi connectivity index (χ2n) is 8.38. The molecule has 1 aromatic carbocycles. The van der Waals surface area contributed by atoms with Crippen molar-refractivity contribution in [2.75, 3.05) is 50.7 Å². The van der Waals surface area contributed by atoms with Gasteiger partial charge in [0.2, 0.25) is 5.91 Å². The van der Waals surface area contributed by atoms with Crippen molar-refractivity contribution < 1.29 is 4.79 Å². The Morgan fingerprint density at radius 3 is 2.45 bits per heavy atom. The Kier molecular flexibility index (Phi) is 5.46. The van der Waals surface area contributed by atoms with E-state index in [1.54, 1.807) is 0 Å². The summed E-state index contributed by atoms with van der Waals surface area (Å²) in [6.07, 6.45) is 3.43. The lowest BCUT2D eigenvalue weighted by Crippen LogP contribution is -2.51. The number of amides is 1. The quantitative estimate of drug-likeness (QED) is 0.695. The molecule has 31 heavy (non-hydrogen) atoms. The molecule has 0 atom stereocenters. The summed E-state index contributed by atoms with van der Waals surface area (Å²) in [5.41, 5.74) is 1.76. The number of fused-ring (bicyclic) bond motifs is 1. The summed E-state index contributed by atoms with van der Waals surface area (Å²) in [4.78, 5) is 39.2. The van der Waals surface area contributed by atoms with E-state index in [-0.39, 0.29) is 17.6 Å². The fourth-order valence-electron chi connectivity index (χ4n) is 4.78. The number of hydrogen-bond donors (Lipinski definition) is 1. The lowest BCUT2D eigenvalue weighted by molar-refractivity contribution is -0.133. The maximum atomic E-state index is 12.9. The van der Waals surface area contributed by atoms with Crippen LogP contribution in [0.1, 0.15) is 18.9 Å². The van der Waals surface area contributed by atoms with Gasteiger partial charge in [-0.3, -0.25) is 14.3 Å². The van der Waals surface area contributed by atoms with Crippen LogP contribution in [0.5, 0.6) is 0 Å². The Bertz CT molecular complexity index is 1090. The van der Waals surface area contributed by atoms with Crippen molar-refractivity contribution in [3.8, 4) is 0 Å². The van der Waals surface area contributed by atoms with Gasteiger partial charge in [-0.1, -0.05) is 18.2 Å². The summed E-state index contributed by atoms with van der Waals surface area (Å²) in [6, 6.07) is 13.9. The summed E-state index contributed by atoms with van der Waals surface area (Å²) >= 11 is 0. The number of anilines is 1. The molecule has 2 fully saturated rings. The van der Waals surface area contributed by atoms with Crippen molar-refractivity contribution in [3.05, 3.63) is 59.1 Å². The van der Waals surface area contributed by atoms with Gasteiger partial charge in [0.25, 0.3) is 0 Å². The average Bonchev–Trinajstić information content (AvgIpc) is 3.16. The van der Waals surface area contributed by atoms with E-state index < -0.39 is 0 Å². The Morgan fingerprint density at radius 2 is 1.71 bits per heavy atom. The number of piperidine rings is 1. The topological polar surface area (TPSA) is 77.5 Å². The first-order valence-electron chi connectivity index (χ1n) is 11.0. The molecule has 2 aliphatic rings. The Morgan fingerprint density at radius 1 is 0.968 bits per heavy atom. The molecule has 3 aromatic rings. The number of benzene rings is 1. The highest BCUT2D eigenvalue weighted by Gasteiger charge is 2.28. The Hall–Kier alpha value is -3.13. The summed E-state index contributed by atoms with van der Waals surface area (Å²) < 4.78 is 1.87. The summed E-state index contributed by atoms with van der Waals surface area (Å²) in [6.45, 7) is 5.36. The number of pyridine rings is 1. The third-order valence-corrected chi connectivity index (χ3v) is 6.51. The zero-order valence-corrected chi connectivity index (χ0v) is 17.6.